The lowest BCUT2D eigenvalue weighted by atomic mass is 9.96. The molecule has 0 radical (unpaired) electrons. The first kappa shape index (κ1) is 22.6. The van der Waals surface area contributed by atoms with Crippen molar-refractivity contribution in [3.63, 3.8) is 0 Å². The van der Waals surface area contributed by atoms with Crippen LogP contribution >= 0.6 is 0 Å². The van der Waals surface area contributed by atoms with Gasteiger partial charge in [-0.25, -0.2) is 8.42 Å². The second kappa shape index (κ2) is 8.94. The monoisotopic (exact) mass is 436 g/mol. The van der Waals surface area contributed by atoms with E-state index >= 15 is 0 Å². The third kappa shape index (κ3) is 4.97. The van der Waals surface area contributed by atoms with Gasteiger partial charge in [-0.1, -0.05) is 36.4 Å². The fraction of sp³-hybridized carbons (Fsp3) is 0.240. The van der Waals surface area contributed by atoms with Gasteiger partial charge in [-0.15, -0.1) is 0 Å². The van der Waals surface area contributed by atoms with Gasteiger partial charge in [0.1, 0.15) is 0 Å². The molecule has 0 aliphatic rings. The summed E-state index contributed by atoms with van der Waals surface area (Å²) < 4.78 is 28.0. The van der Waals surface area contributed by atoms with Crippen molar-refractivity contribution in [3.8, 4) is 0 Å². The summed E-state index contributed by atoms with van der Waals surface area (Å²) >= 11 is 0. The minimum absolute atomic E-state index is 0.170. The molecular formula is C25H28N2O3S. The first-order chi connectivity index (χ1) is 14.6. The molecule has 0 spiro atoms. The third-order valence-electron chi connectivity index (χ3n) is 5.57. The summed E-state index contributed by atoms with van der Waals surface area (Å²) in [6, 6.07) is 17.2. The van der Waals surface area contributed by atoms with E-state index in [-0.39, 0.29) is 16.8 Å². The quantitative estimate of drug-likeness (QED) is 0.557. The molecule has 3 aromatic carbocycles. The van der Waals surface area contributed by atoms with Gasteiger partial charge in [-0.3, -0.25) is 9.52 Å². The predicted molar refractivity (Wildman–Crippen MR) is 125 cm³/mol. The molecule has 0 aliphatic carbocycles. The summed E-state index contributed by atoms with van der Waals surface area (Å²) in [4.78, 5) is 13.2. The molecule has 3 rings (SSSR count). The van der Waals surface area contributed by atoms with Gasteiger partial charge in [0.05, 0.1) is 16.6 Å². The SMILES string of the molecule is Cc1cc(C)c([C@@H](C)NC(=O)c2cccc(NS(=O)(=O)c3ccccc3)c2C)cc1C. The van der Waals surface area contributed by atoms with Crippen molar-refractivity contribution in [3.05, 3.63) is 94.0 Å². The van der Waals surface area contributed by atoms with Crippen LogP contribution in [-0.4, -0.2) is 14.3 Å². The number of amides is 1. The fourth-order valence-electron chi connectivity index (χ4n) is 3.60. The predicted octanol–water partition coefficient (Wildman–Crippen LogP) is 5.21. The molecular weight excluding hydrogens is 408 g/mol. The molecule has 0 saturated heterocycles. The Balaban J connectivity index is 1.84. The minimum atomic E-state index is -3.74. The number of nitrogens with one attached hydrogen (secondary N) is 2. The molecule has 0 heterocycles. The van der Waals surface area contributed by atoms with Crippen LogP contribution in [0.25, 0.3) is 0 Å². The largest absolute Gasteiger partial charge is 0.345 e. The molecule has 6 heteroatoms. The number of aryl methyl sites for hydroxylation is 3. The second-order valence-corrected chi connectivity index (χ2v) is 9.57. The Morgan fingerprint density at radius 1 is 0.839 bits per heavy atom. The number of carbonyl (C=O) groups excluding carboxylic acids is 1. The third-order valence-corrected chi connectivity index (χ3v) is 6.95. The van der Waals surface area contributed by atoms with Crippen LogP contribution in [0.4, 0.5) is 5.69 Å². The van der Waals surface area contributed by atoms with Gasteiger partial charge >= 0.3 is 0 Å². The number of benzene rings is 3. The Kier molecular flexibility index (Phi) is 6.51. The van der Waals surface area contributed by atoms with E-state index < -0.39 is 10.0 Å². The van der Waals surface area contributed by atoms with Crippen LogP contribution in [-0.2, 0) is 10.0 Å². The van der Waals surface area contributed by atoms with E-state index in [1.165, 1.54) is 23.3 Å². The summed E-state index contributed by atoms with van der Waals surface area (Å²) in [5.74, 6) is -0.247. The topological polar surface area (TPSA) is 75.3 Å². The Hall–Kier alpha value is -3.12. The lowest BCUT2D eigenvalue weighted by molar-refractivity contribution is 0.0939. The summed E-state index contributed by atoms with van der Waals surface area (Å²) in [5, 5.41) is 3.05. The van der Waals surface area contributed by atoms with E-state index in [1.807, 2.05) is 13.8 Å². The van der Waals surface area contributed by atoms with Gasteiger partial charge in [0.25, 0.3) is 15.9 Å². The van der Waals surface area contributed by atoms with Gasteiger partial charge in [-0.05, 0) is 86.7 Å². The number of hydrogen-bond acceptors (Lipinski definition) is 3. The molecule has 0 aliphatic heterocycles. The Morgan fingerprint density at radius 3 is 2.16 bits per heavy atom. The maximum atomic E-state index is 13.0. The first-order valence-electron chi connectivity index (χ1n) is 10.2. The zero-order chi connectivity index (χ0) is 22.8. The average Bonchev–Trinajstić information content (AvgIpc) is 2.72. The van der Waals surface area contributed by atoms with Crippen molar-refractivity contribution in [1.82, 2.24) is 5.32 Å². The van der Waals surface area contributed by atoms with Crippen molar-refractivity contribution in [2.75, 3.05) is 4.72 Å². The highest BCUT2D eigenvalue weighted by Gasteiger charge is 2.19. The van der Waals surface area contributed by atoms with Gasteiger partial charge in [0, 0.05) is 5.56 Å². The maximum Gasteiger partial charge on any atom is 0.261 e. The van der Waals surface area contributed by atoms with Crippen LogP contribution in [0.5, 0.6) is 0 Å². The maximum absolute atomic E-state index is 13.0. The Bertz CT molecular complexity index is 1220. The molecule has 0 unspecified atom stereocenters. The number of rotatable bonds is 6. The molecule has 2 N–H and O–H groups in total. The van der Waals surface area contributed by atoms with E-state index in [9.17, 15) is 13.2 Å². The van der Waals surface area contributed by atoms with Crippen molar-refractivity contribution in [1.29, 1.82) is 0 Å². The average molecular weight is 437 g/mol. The second-order valence-electron chi connectivity index (χ2n) is 7.88. The van der Waals surface area contributed by atoms with Gasteiger partial charge in [-0.2, -0.15) is 0 Å². The zero-order valence-electron chi connectivity index (χ0n) is 18.5. The van der Waals surface area contributed by atoms with E-state index in [4.69, 9.17) is 0 Å². The standard InChI is InChI=1S/C25H28N2O3S/c1-16-14-18(3)23(15-17(16)2)20(5)26-25(28)22-12-9-13-24(19(22)4)27-31(29,30)21-10-7-6-8-11-21/h6-15,20,27H,1-5H3,(H,26,28)/t20-/m1/s1. The van der Waals surface area contributed by atoms with Crippen LogP contribution in [0.3, 0.4) is 0 Å². The Morgan fingerprint density at radius 2 is 1.48 bits per heavy atom. The number of sulfonamides is 1. The highest BCUT2D eigenvalue weighted by atomic mass is 32.2. The molecule has 1 atom stereocenters. The normalized spacial score (nSPS) is 12.3. The Labute approximate surface area is 184 Å². The van der Waals surface area contributed by atoms with Crippen molar-refractivity contribution >= 4 is 21.6 Å². The van der Waals surface area contributed by atoms with E-state index in [2.05, 4.69) is 36.0 Å². The molecule has 0 saturated carbocycles. The molecule has 0 bridgehead atoms. The fourth-order valence-corrected chi connectivity index (χ4v) is 4.74. The lowest BCUT2D eigenvalue weighted by Crippen LogP contribution is -2.28. The number of hydrogen-bond donors (Lipinski definition) is 2. The molecule has 31 heavy (non-hydrogen) atoms. The number of carbonyl (C=O) groups is 1. The molecule has 162 valence electrons. The van der Waals surface area contributed by atoms with Crippen LogP contribution in [0.1, 0.15) is 51.1 Å². The van der Waals surface area contributed by atoms with Crippen LogP contribution in [0, 0.1) is 27.7 Å². The minimum Gasteiger partial charge on any atom is -0.345 e. The van der Waals surface area contributed by atoms with E-state index in [1.54, 1.807) is 43.3 Å². The van der Waals surface area contributed by atoms with E-state index in [0.717, 1.165) is 11.1 Å². The van der Waals surface area contributed by atoms with Crippen molar-refractivity contribution < 1.29 is 13.2 Å². The summed E-state index contributed by atoms with van der Waals surface area (Å²) in [6.45, 7) is 9.85. The summed E-state index contributed by atoms with van der Waals surface area (Å²) in [5.41, 5.74) is 5.97. The molecule has 1 amide bonds. The first-order valence-corrected chi connectivity index (χ1v) is 11.6. The van der Waals surface area contributed by atoms with Crippen LogP contribution < -0.4 is 10.0 Å². The smallest absolute Gasteiger partial charge is 0.261 e. The molecule has 5 nitrogen and oxygen atoms in total. The lowest BCUT2D eigenvalue weighted by Gasteiger charge is -2.20. The van der Waals surface area contributed by atoms with Crippen LogP contribution in [0.15, 0.2) is 65.6 Å². The molecule has 0 aromatic heterocycles. The van der Waals surface area contributed by atoms with Crippen LogP contribution in [0.2, 0.25) is 0 Å². The van der Waals surface area contributed by atoms with E-state index in [0.29, 0.717) is 16.8 Å². The summed E-state index contributed by atoms with van der Waals surface area (Å²) in [7, 11) is -3.74. The highest BCUT2D eigenvalue weighted by Crippen LogP contribution is 2.25. The van der Waals surface area contributed by atoms with Gasteiger partial charge in [0.15, 0.2) is 0 Å². The number of anilines is 1. The molecule has 3 aromatic rings. The molecule has 0 fully saturated rings. The van der Waals surface area contributed by atoms with Gasteiger partial charge in [0.2, 0.25) is 0 Å². The summed E-state index contributed by atoms with van der Waals surface area (Å²) in [6.07, 6.45) is 0. The van der Waals surface area contributed by atoms with Gasteiger partial charge < -0.3 is 5.32 Å². The van der Waals surface area contributed by atoms with Crippen molar-refractivity contribution in [2.24, 2.45) is 0 Å². The zero-order valence-corrected chi connectivity index (χ0v) is 19.3. The highest BCUT2D eigenvalue weighted by molar-refractivity contribution is 7.92. The van der Waals surface area contributed by atoms with Crippen molar-refractivity contribution in [2.45, 2.75) is 45.6 Å².